The minimum atomic E-state index is 0. The van der Waals surface area contributed by atoms with Gasteiger partial charge in [0.1, 0.15) is 24.1 Å². The highest BCUT2D eigenvalue weighted by molar-refractivity contribution is 6.07. The Hall–Kier alpha value is -2.70. The van der Waals surface area contributed by atoms with Gasteiger partial charge < -0.3 is 43.9 Å². The maximum atomic E-state index is 3.53. The smallest absolute Gasteiger partial charge is 0.193 e. The molecule has 162 valence electrons. The molecule has 0 saturated heterocycles. The lowest BCUT2D eigenvalue weighted by atomic mass is 10.2. The fourth-order valence-corrected chi connectivity index (χ4v) is 4.56. The number of H-pyrrole nitrogens is 2. The van der Waals surface area contributed by atoms with Gasteiger partial charge in [0.2, 0.25) is 0 Å². The maximum absolute atomic E-state index is 3.53. The highest BCUT2D eigenvalue weighted by Crippen LogP contribution is 2.24. The third kappa shape index (κ3) is 4.05. The highest BCUT2D eigenvalue weighted by atomic mass is 79.9. The lowest BCUT2D eigenvalue weighted by Crippen LogP contribution is -3.00. The zero-order chi connectivity index (χ0) is 19.9. The van der Waals surface area contributed by atoms with Gasteiger partial charge in [0.25, 0.3) is 0 Å². The molecule has 0 fully saturated rings. The van der Waals surface area contributed by atoms with Crippen molar-refractivity contribution >= 4 is 43.6 Å². The molecule has 0 saturated carbocycles. The Morgan fingerprint density at radius 1 is 0.500 bits per heavy atom. The van der Waals surface area contributed by atoms with Crippen LogP contribution in [0.5, 0.6) is 0 Å². The Kier molecular flexibility index (Phi) is 6.63. The first-order valence-electron chi connectivity index (χ1n) is 10.6. The van der Waals surface area contributed by atoms with Crippen LogP contribution in [0.4, 0.5) is 0 Å². The van der Waals surface area contributed by atoms with E-state index >= 15 is 0 Å². The van der Waals surface area contributed by atoms with E-state index < -0.39 is 0 Å². The number of pyridine rings is 2. The summed E-state index contributed by atoms with van der Waals surface area (Å²) in [5.41, 5.74) is 4.82. The molecule has 0 aliphatic rings. The monoisotopic (exact) mass is 550 g/mol. The molecule has 32 heavy (non-hydrogen) atoms. The second-order valence-corrected chi connectivity index (χ2v) is 8.07. The maximum Gasteiger partial charge on any atom is 0.193 e. The number of halogens is 2. The van der Waals surface area contributed by atoms with Crippen molar-refractivity contribution in [2.45, 2.75) is 25.9 Å². The Morgan fingerprint density at radius 2 is 0.906 bits per heavy atom. The lowest BCUT2D eigenvalue weighted by Gasteiger charge is -1.98. The van der Waals surface area contributed by atoms with Gasteiger partial charge in [-0.2, -0.15) is 0 Å². The summed E-state index contributed by atoms with van der Waals surface area (Å²) in [5, 5.41) is 5.18. The number of hydrogen-bond acceptors (Lipinski definition) is 0. The van der Waals surface area contributed by atoms with E-state index in [1.807, 2.05) is 0 Å². The number of unbranched alkanes of at least 4 members (excludes halogenated alkanes) is 1. The van der Waals surface area contributed by atoms with Gasteiger partial charge in [-0.05, 0) is 12.1 Å². The average Bonchev–Trinajstić information content (AvgIpc) is 3.34. The summed E-state index contributed by atoms with van der Waals surface area (Å²) in [6.07, 6.45) is 11.2. The summed E-state index contributed by atoms with van der Waals surface area (Å²) in [6, 6.07) is 21.5. The fraction of sp³-hybridized carbons (Fsp3) is 0.154. The minimum absolute atomic E-state index is 0. The summed E-state index contributed by atoms with van der Waals surface area (Å²) in [7, 11) is 0. The Morgan fingerprint density at radius 3 is 1.38 bits per heavy atom. The molecule has 4 heterocycles. The molecule has 0 spiro atoms. The van der Waals surface area contributed by atoms with E-state index in [0.717, 1.165) is 25.9 Å². The van der Waals surface area contributed by atoms with Crippen molar-refractivity contribution in [2.24, 2.45) is 0 Å². The molecular weight excluding hydrogens is 528 g/mol. The average molecular weight is 552 g/mol. The first-order valence-corrected chi connectivity index (χ1v) is 10.6. The van der Waals surface area contributed by atoms with Crippen LogP contribution in [0.25, 0.3) is 43.6 Å². The largest absolute Gasteiger partial charge is 1.00 e. The minimum Gasteiger partial charge on any atom is -1.00 e. The zero-order valence-corrected chi connectivity index (χ0v) is 20.7. The number of aromatic nitrogens is 4. The summed E-state index contributed by atoms with van der Waals surface area (Å²) >= 11 is 0. The quantitative estimate of drug-likeness (QED) is 0.204. The van der Waals surface area contributed by atoms with Crippen molar-refractivity contribution in [1.29, 1.82) is 0 Å². The number of nitrogens with one attached hydrogen (secondary N) is 2. The van der Waals surface area contributed by atoms with Crippen LogP contribution < -0.4 is 43.1 Å². The van der Waals surface area contributed by atoms with Gasteiger partial charge in [-0.15, -0.1) is 0 Å². The van der Waals surface area contributed by atoms with Gasteiger partial charge in [-0.1, -0.05) is 36.4 Å². The van der Waals surface area contributed by atoms with Crippen molar-refractivity contribution in [3.05, 3.63) is 85.5 Å². The van der Waals surface area contributed by atoms with E-state index in [1.54, 1.807) is 0 Å². The van der Waals surface area contributed by atoms with Gasteiger partial charge in [0.05, 0.1) is 0 Å². The standard InChI is InChI=1S/C26H22N4.2BrH/c1-3-9-23-19(7-1)21-11-15-29(17-25(21)27-23)13-5-6-14-30-16-12-22-20-8-2-4-10-24(20)28-26(22)18-30;;/h1-4,7-12,15-18H,5-6,13-14H2;2*1H. The number of rotatable bonds is 5. The topological polar surface area (TPSA) is 39.3 Å². The number of para-hydroxylation sites is 2. The van der Waals surface area contributed by atoms with Crippen molar-refractivity contribution in [2.75, 3.05) is 0 Å². The molecule has 4 aromatic heterocycles. The van der Waals surface area contributed by atoms with Crippen LogP contribution in [0.1, 0.15) is 12.8 Å². The molecule has 6 rings (SSSR count). The number of fused-ring (bicyclic) bond motifs is 6. The molecule has 6 aromatic rings. The summed E-state index contributed by atoms with van der Waals surface area (Å²) in [6.45, 7) is 2.06. The number of aryl methyl sites for hydroxylation is 2. The lowest BCUT2D eigenvalue weighted by molar-refractivity contribution is -0.707. The van der Waals surface area contributed by atoms with E-state index in [0.29, 0.717) is 0 Å². The second kappa shape index (κ2) is 9.43. The molecule has 0 amide bonds. The van der Waals surface area contributed by atoms with Crippen LogP contribution in [0.3, 0.4) is 0 Å². The Bertz CT molecular complexity index is 1400. The van der Waals surface area contributed by atoms with Crippen LogP contribution in [-0.2, 0) is 13.1 Å². The van der Waals surface area contributed by atoms with Crippen LogP contribution >= 0.6 is 0 Å². The predicted molar refractivity (Wildman–Crippen MR) is 121 cm³/mol. The van der Waals surface area contributed by atoms with E-state index in [-0.39, 0.29) is 34.0 Å². The molecule has 0 unspecified atom stereocenters. The van der Waals surface area contributed by atoms with E-state index in [9.17, 15) is 0 Å². The number of hydrogen-bond donors (Lipinski definition) is 2. The molecule has 2 aromatic carbocycles. The zero-order valence-electron chi connectivity index (χ0n) is 17.6. The molecule has 0 aliphatic heterocycles. The third-order valence-corrected chi connectivity index (χ3v) is 6.09. The van der Waals surface area contributed by atoms with Gasteiger partial charge in [-0.25, -0.2) is 9.13 Å². The molecule has 6 heteroatoms. The van der Waals surface area contributed by atoms with Crippen molar-refractivity contribution in [3.8, 4) is 0 Å². The normalized spacial score (nSPS) is 11.1. The third-order valence-electron chi connectivity index (χ3n) is 6.09. The van der Waals surface area contributed by atoms with Crippen molar-refractivity contribution < 1.29 is 43.1 Å². The predicted octanol–water partition coefficient (Wildman–Crippen LogP) is -0.981. The van der Waals surface area contributed by atoms with Crippen LogP contribution in [-0.4, -0.2) is 9.97 Å². The SMILES string of the molecule is [Br-].[Br-].c1ccc2c(c1)[nH]c1c[n+](CCCC[n+]3ccc4c(c3)[nH]c3ccccc34)ccc12. The molecule has 2 N–H and O–H groups in total. The highest BCUT2D eigenvalue weighted by Gasteiger charge is 2.11. The Balaban J connectivity index is 0.00000122. The summed E-state index contributed by atoms with van der Waals surface area (Å²) in [4.78, 5) is 7.07. The van der Waals surface area contributed by atoms with Crippen molar-refractivity contribution in [3.63, 3.8) is 0 Å². The van der Waals surface area contributed by atoms with Gasteiger partial charge in [0.15, 0.2) is 24.8 Å². The van der Waals surface area contributed by atoms with Gasteiger partial charge >= 0.3 is 0 Å². The summed E-state index contributed by atoms with van der Waals surface area (Å²) < 4.78 is 4.59. The molecule has 0 radical (unpaired) electrons. The van der Waals surface area contributed by atoms with E-state index in [2.05, 4.69) is 105 Å². The van der Waals surface area contributed by atoms with Crippen LogP contribution in [0.2, 0.25) is 0 Å². The molecule has 0 atom stereocenters. The van der Waals surface area contributed by atoms with Crippen molar-refractivity contribution in [1.82, 2.24) is 9.97 Å². The Labute approximate surface area is 207 Å². The molecule has 0 bridgehead atoms. The number of benzene rings is 2. The van der Waals surface area contributed by atoms with Crippen LogP contribution in [0, 0.1) is 0 Å². The van der Waals surface area contributed by atoms with E-state index in [1.165, 1.54) is 43.6 Å². The first-order chi connectivity index (χ1) is 14.8. The molecule has 0 aliphatic carbocycles. The second-order valence-electron chi connectivity index (χ2n) is 8.07. The first kappa shape index (κ1) is 22.5. The molecule has 4 nitrogen and oxygen atoms in total. The van der Waals surface area contributed by atoms with Crippen LogP contribution in [0.15, 0.2) is 85.5 Å². The fourth-order valence-electron chi connectivity index (χ4n) is 4.56. The molecular formula is C26H24Br2N4. The number of aromatic amines is 2. The van der Waals surface area contributed by atoms with Gasteiger partial charge in [0, 0.05) is 57.6 Å². The van der Waals surface area contributed by atoms with E-state index in [4.69, 9.17) is 0 Å². The summed E-state index contributed by atoms with van der Waals surface area (Å²) in [5.74, 6) is 0. The number of nitrogens with zero attached hydrogens (tertiary/aromatic N) is 2. The van der Waals surface area contributed by atoms with Gasteiger partial charge in [-0.3, -0.25) is 0 Å².